The van der Waals surface area contributed by atoms with Crippen LogP contribution in [0, 0.1) is 6.92 Å². The van der Waals surface area contributed by atoms with Gasteiger partial charge in [-0.25, -0.2) is 14.5 Å². The Hall–Kier alpha value is -2.29. The maximum Gasteiger partial charge on any atom is 0.375 e. The Morgan fingerprint density at radius 1 is 1.16 bits per heavy atom. The topological polar surface area (TPSA) is 105 Å². The van der Waals surface area contributed by atoms with E-state index >= 15 is 0 Å². The number of hydrogen-bond donors (Lipinski definition) is 0. The first kappa shape index (κ1) is 23.4. The van der Waals surface area contributed by atoms with Gasteiger partial charge in [0.15, 0.2) is 5.69 Å². The second-order valence-corrected chi connectivity index (χ2v) is 9.43. The lowest BCUT2D eigenvalue weighted by atomic mass is 10.2. The third-order valence-electron chi connectivity index (χ3n) is 4.48. The summed E-state index contributed by atoms with van der Waals surface area (Å²) in [4.78, 5) is 16.9. The number of pyridine rings is 1. The molecule has 0 spiro atoms. The van der Waals surface area contributed by atoms with Gasteiger partial charge in [0, 0.05) is 31.0 Å². The van der Waals surface area contributed by atoms with Crippen molar-refractivity contribution in [2.45, 2.75) is 19.3 Å². The first-order valence-corrected chi connectivity index (χ1v) is 11.3. The number of benzene rings is 1. The number of esters is 1. The third-order valence-corrected chi connectivity index (χ3v) is 7.03. The maximum atomic E-state index is 13.1. The Bertz CT molecular complexity index is 1110. The van der Waals surface area contributed by atoms with Gasteiger partial charge in [-0.05, 0) is 24.6 Å². The zero-order valence-electron chi connectivity index (χ0n) is 16.9. The molecule has 0 N–H and O–H groups in total. The Morgan fingerprint density at radius 3 is 2.48 bits per heavy atom. The molecule has 12 heteroatoms. The first-order chi connectivity index (χ1) is 14.8. The summed E-state index contributed by atoms with van der Waals surface area (Å²) in [7, 11) is -1.49. The number of halogens is 2. The summed E-state index contributed by atoms with van der Waals surface area (Å²) in [5, 5.41) is 8.53. The van der Waals surface area contributed by atoms with Crippen LogP contribution in [0.2, 0.25) is 10.2 Å². The van der Waals surface area contributed by atoms with E-state index in [9.17, 15) is 9.36 Å². The highest BCUT2D eigenvalue weighted by atomic mass is 35.5. The molecule has 0 radical (unpaired) electrons. The Labute approximate surface area is 188 Å². The SMILES string of the molecule is COP(=O)(OC)C(OC(=O)c1nnn(Cc2ccc(Cl)nc2)c1C)c1ccccc1Cl. The summed E-state index contributed by atoms with van der Waals surface area (Å²) in [5.41, 5.74) is 1.50. The molecule has 0 fully saturated rings. The van der Waals surface area contributed by atoms with E-state index in [0.29, 0.717) is 17.4 Å². The molecule has 2 heterocycles. The average molecular weight is 485 g/mol. The molecule has 1 atom stereocenters. The van der Waals surface area contributed by atoms with Crippen molar-refractivity contribution < 1.29 is 23.1 Å². The summed E-state index contributed by atoms with van der Waals surface area (Å²) in [5.74, 6) is -2.24. The van der Waals surface area contributed by atoms with Gasteiger partial charge in [0.25, 0.3) is 0 Å². The molecule has 164 valence electrons. The van der Waals surface area contributed by atoms with E-state index < -0.39 is 19.4 Å². The lowest BCUT2D eigenvalue weighted by molar-refractivity contribution is 0.0374. The van der Waals surface area contributed by atoms with Crippen molar-refractivity contribution in [1.82, 2.24) is 20.0 Å². The van der Waals surface area contributed by atoms with Crippen molar-refractivity contribution in [1.29, 1.82) is 0 Å². The lowest BCUT2D eigenvalue weighted by Crippen LogP contribution is -2.16. The maximum absolute atomic E-state index is 13.1. The molecule has 3 rings (SSSR count). The summed E-state index contributed by atoms with van der Waals surface area (Å²) in [6.45, 7) is 1.98. The zero-order valence-corrected chi connectivity index (χ0v) is 19.3. The number of nitrogens with zero attached hydrogens (tertiary/aromatic N) is 4. The van der Waals surface area contributed by atoms with E-state index in [2.05, 4.69) is 15.3 Å². The fraction of sp³-hybridized carbons (Fsp3) is 0.263. The zero-order chi connectivity index (χ0) is 22.6. The van der Waals surface area contributed by atoms with Crippen molar-refractivity contribution in [2.24, 2.45) is 0 Å². The molecule has 0 amide bonds. The van der Waals surface area contributed by atoms with Crippen LogP contribution in [0.15, 0.2) is 42.6 Å². The van der Waals surface area contributed by atoms with Gasteiger partial charge in [-0.1, -0.05) is 52.7 Å². The van der Waals surface area contributed by atoms with Gasteiger partial charge in [-0.3, -0.25) is 4.57 Å². The molecule has 0 saturated carbocycles. The second kappa shape index (κ2) is 9.89. The molecule has 31 heavy (non-hydrogen) atoms. The normalized spacial score (nSPS) is 12.5. The number of aromatic nitrogens is 4. The molecule has 1 aromatic carbocycles. The molecule has 0 aliphatic rings. The quantitative estimate of drug-likeness (QED) is 0.257. The van der Waals surface area contributed by atoms with Crippen molar-refractivity contribution in [2.75, 3.05) is 14.2 Å². The van der Waals surface area contributed by atoms with Gasteiger partial charge >= 0.3 is 13.6 Å². The van der Waals surface area contributed by atoms with E-state index in [0.717, 1.165) is 5.56 Å². The predicted octanol–water partition coefficient (Wildman–Crippen LogP) is 4.68. The van der Waals surface area contributed by atoms with Crippen LogP contribution >= 0.6 is 30.8 Å². The van der Waals surface area contributed by atoms with Crippen LogP contribution in [0.5, 0.6) is 0 Å². The minimum Gasteiger partial charge on any atom is -0.439 e. The fourth-order valence-electron chi connectivity index (χ4n) is 2.77. The Kier molecular flexibility index (Phi) is 7.46. The lowest BCUT2D eigenvalue weighted by Gasteiger charge is -2.25. The fourth-order valence-corrected chi connectivity index (χ4v) is 4.51. The highest BCUT2D eigenvalue weighted by Crippen LogP contribution is 2.61. The number of carbonyl (C=O) groups is 1. The van der Waals surface area contributed by atoms with Crippen LogP contribution < -0.4 is 0 Å². The van der Waals surface area contributed by atoms with Gasteiger partial charge in [0.1, 0.15) is 5.15 Å². The molecule has 9 nitrogen and oxygen atoms in total. The van der Waals surface area contributed by atoms with Crippen LogP contribution in [0.3, 0.4) is 0 Å². The van der Waals surface area contributed by atoms with E-state index in [1.807, 2.05) is 0 Å². The molecule has 0 aliphatic carbocycles. The van der Waals surface area contributed by atoms with Gasteiger partial charge in [-0.15, -0.1) is 5.10 Å². The van der Waals surface area contributed by atoms with Gasteiger partial charge in [-0.2, -0.15) is 0 Å². The highest BCUT2D eigenvalue weighted by Gasteiger charge is 2.41. The van der Waals surface area contributed by atoms with Crippen molar-refractivity contribution in [3.8, 4) is 0 Å². The molecule has 3 aromatic rings. The first-order valence-electron chi connectivity index (χ1n) is 8.96. The predicted molar refractivity (Wildman–Crippen MR) is 114 cm³/mol. The van der Waals surface area contributed by atoms with Gasteiger partial charge in [0.05, 0.1) is 12.2 Å². The second-order valence-electron chi connectivity index (χ2n) is 6.35. The van der Waals surface area contributed by atoms with Gasteiger partial charge < -0.3 is 13.8 Å². The third kappa shape index (κ3) is 5.14. The molecule has 0 aliphatic heterocycles. The van der Waals surface area contributed by atoms with Crippen LogP contribution in [-0.4, -0.2) is 40.2 Å². The number of rotatable bonds is 8. The van der Waals surface area contributed by atoms with E-state index in [4.69, 9.17) is 37.0 Å². The van der Waals surface area contributed by atoms with Crippen LogP contribution in [-0.2, 0) is 24.9 Å². The van der Waals surface area contributed by atoms with E-state index in [-0.39, 0.29) is 16.3 Å². The van der Waals surface area contributed by atoms with E-state index in [1.165, 1.54) is 18.9 Å². The summed E-state index contributed by atoms with van der Waals surface area (Å²) >= 11 is 12.0. The monoisotopic (exact) mass is 484 g/mol. The van der Waals surface area contributed by atoms with Crippen LogP contribution in [0.1, 0.15) is 33.2 Å². The molecular formula is C19H19Cl2N4O5P. The molecule has 0 saturated heterocycles. The molecule has 1 unspecified atom stereocenters. The minimum absolute atomic E-state index is 0.0438. The smallest absolute Gasteiger partial charge is 0.375 e. The number of hydrogen-bond acceptors (Lipinski definition) is 8. The summed E-state index contributed by atoms with van der Waals surface area (Å²) < 4.78 is 30.2. The highest BCUT2D eigenvalue weighted by molar-refractivity contribution is 7.54. The standard InChI is InChI=1S/C19H19Cl2N4O5P/c1-12-17(23-24-25(12)11-13-8-9-16(21)22-10-13)18(26)30-19(31(27,28-2)29-3)14-6-4-5-7-15(14)20/h4-10,19H,11H2,1-3H3. The largest absolute Gasteiger partial charge is 0.439 e. The Balaban J connectivity index is 1.89. The molecular weight excluding hydrogens is 466 g/mol. The summed E-state index contributed by atoms with van der Waals surface area (Å²) in [6.07, 6.45) is 1.60. The number of ether oxygens (including phenoxy) is 1. The number of carbonyl (C=O) groups excluding carboxylic acids is 1. The minimum atomic E-state index is -3.89. The summed E-state index contributed by atoms with van der Waals surface area (Å²) in [6, 6.07) is 9.95. The molecule has 2 aromatic heterocycles. The van der Waals surface area contributed by atoms with Crippen molar-refractivity contribution in [3.63, 3.8) is 0 Å². The van der Waals surface area contributed by atoms with Gasteiger partial charge in [0.2, 0.25) is 5.85 Å². The van der Waals surface area contributed by atoms with Crippen LogP contribution in [0.4, 0.5) is 0 Å². The van der Waals surface area contributed by atoms with E-state index in [1.54, 1.807) is 49.5 Å². The van der Waals surface area contributed by atoms with Crippen LogP contribution in [0.25, 0.3) is 0 Å². The average Bonchev–Trinajstić information content (AvgIpc) is 3.13. The van der Waals surface area contributed by atoms with Crippen molar-refractivity contribution in [3.05, 3.63) is 75.3 Å². The van der Waals surface area contributed by atoms with Crippen molar-refractivity contribution >= 4 is 36.8 Å². The Morgan fingerprint density at radius 2 is 1.87 bits per heavy atom. The molecule has 0 bridgehead atoms.